The molecule has 1 fully saturated rings. The van der Waals surface area contributed by atoms with Gasteiger partial charge in [-0.2, -0.15) is 4.31 Å². The highest BCUT2D eigenvalue weighted by Gasteiger charge is 2.28. The quantitative estimate of drug-likeness (QED) is 0.530. The van der Waals surface area contributed by atoms with Crippen molar-refractivity contribution >= 4 is 39.3 Å². The van der Waals surface area contributed by atoms with Gasteiger partial charge in [-0.05, 0) is 23.8 Å². The van der Waals surface area contributed by atoms with E-state index in [0.717, 1.165) is 17.0 Å². The van der Waals surface area contributed by atoms with Crippen LogP contribution in [0.3, 0.4) is 0 Å². The number of halogens is 1. The molecule has 1 aliphatic rings. The predicted octanol–water partition coefficient (Wildman–Crippen LogP) is 3.01. The van der Waals surface area contributed by atoms with Gasteiger partial charge >= 0.3 is 0 Å². The summed E-state index contributed by atoms with van der Waals surface area (Å²) < 4.78 is 26.3. The topological polar surface area (TPSA) is 101 Å². The molecule has 0 radical (unpaired) electrons. The largest absolute Gasteiger partial charge is 0.336 e. The normalized spacial score (nSPS) is 15.6. The third-order valence-corrected chi connectivity index (χ3v) is 6.39. The zero-order valence-electron chi connectivity index (χ0n) is 15.3. The number of benzene rings is 2. The lowest BCUT2D eigenvalue weighted by atomic mass is 10.1. The van der Waals surface area contributed by atoms with E-state index in [1.54, 1.807) is 12.1 Å². The van der Waals surface area contributed by atoms with Crippen LogP contribution in [-0.4, -0.2) is 54.6 Å². The summed E-state index contributed by atoms with van der Waals surface area (Å²) in [6, 6.07) is 12.9. The molecule has 0 saturated carbocycles. The highest BCUT2D eigenvalue weighted by atomic mass is 35.5. The van der Waals surface area contributed by atoms with Gasteiger partial charge in [0.1, 0.15) is 5.02 Å². The Balaban J connectivity index is 1.65. The van der Waals surface area contributed by atoms with Crippen LogP contribution >= 0.6 is 11.6 Å². The van der Waals surface area contributed by atoms with Gasteiger partial charge in [-0.15, -0.1) is 0 Å². The first kappa shape index (κ1) is 21.0. The molecule has 2 aromatic rings. The second-order valence-electron chi connectivity index (χ2n) is 6.37. The van der Waals surface area contributed by atoms with Gasteiger partial charge in [0.15, 0.2) is 0 Å². The average molecular weight is 436 g/mol. The van der Waals surface area contributed by atoms with Gasteiger partial charge in [0.2, 0.25) is 10.0 Å². The molecule has 0 spiro atoms. The number of nitro groups is 1. The van der Waals surface area contributed by atoms with E-state index >= 15 is 0 Å². The molecule has 1 heterocycles. The van der Waals surface area contributed by atoms with Crippen LogP contribution in [0.15, 0.2) is 53.9 Å². The van der Waals surface area contributed by atoms with E-state index in [1.165, 1.54) is 27.4 Å². The molecule has 0 bridgehead atoms. The predicted molar refractivity (Wildman–Crippen MR) is 110 cm³/mol. The van der Waals surface area contributed by atoms with E-state index in [-0.39, 0.29) is 42.5 Å². The van der Waals surface area contributed by atoms with Crippen molar-refractivity contribution in [2.75, 3.05) is 26.2 Å². The Kier molecular flexibility index (Phi) is 6.31. The van der Waals surface area contributed by atoms with Crippen LogP contribution in [0.1, 0.15) is 15.9 Å². The van der Waals surface area contributed by atoms with Crippen molar-refractivity contribution < 1.29 is 18.1 Å². The molecule has 1 aliphatic heterocycles. The molecule has 8 nitrogen and oxygen atoms in total. The Hall–Kier alpha value is -2.75. The summed E-state index contributed by atoms with van der Waals surface area (Å²) in [6.45, 7) is 0.660. The molecule has 0 aromatic heterocycles. The summed E-state index contributed by atoms with van der Waals surface area (Å²) in [5, 5.41) is 12.1. The number of sulfonamides is 1. The summed E-state index contributed by atoms with van der Waals surface area (Å²) in [6.07, 6.45) is 1.53. The van der Waals surface area contributed by atoms with Crippen molar-refractivity contribution in [1.29, 1.82) is 0 Å². The van der Waals surface area contributed by atoms with Crippen LogP contribution in [-0.2, 0) is 10.0 Å². The van der Waals surface area contributed by atoms with Crippen LogP contribution in [0.2, 0.25) is 5.02 Å². The summed E-state index contributed by atoms with van der Waals surface area (Å²) in [5.41, 5.74) is 0.570. The molecule has 0 aliphatic carbocycles. The van der Waals surface area contributed by atoms with Crippen molar-refractivity contribution in [1.82, 2.24) is 9.21 Å². The fraction of sp³-hybridized carbons (Fsp3) is 0.211. The van der Waals surface area contributed by atoms with Crippen LogP contribution in [0, 0.1) is 10.1 Å². The molecule has 0 unspecified atom stereocenters. The summed E-state index contributed by atoms with van der Waals surface area (Å²) in [4.78, 5) is 24.5. The van der Waals surface area contributed by atoms with E-state index in [9.17, 15) is 23.3 Å². The fourth-order valence-corrected chi connectivity index (χ4v) is 4.29. The van der Waals surface area contributed by atoms with Crippen molar-refractivity contribution in [2.24, 2.45) is 0 Å². The van der Waals surface area contributed by atoms with Crippen LogP contribution in [0.25, 0.3) is 6.08 Å². The van der Waals surface area contributed by atoms with Gasteiger partial charge in [-0.3, -0.25) is 14.9 Å². The highest BCUT2D eigenvalue weighted by Crippen LogP contribution is 2.26. The molecular formula is C19H18ClN3O5S. The molecule has 29 heavy (non-hydrogen) atoms. The monoisotopic (exact) mass is 435 g/mol. The van der Waals surface area contributed by atoms with Crippen LogP contribution in [0.4, 0.5) is 5.69 Å². The first-order chi connectivity index (χ1) is 13.8. The van der Waals surface area contributed by atoms with E-state index < -0.39 is 20.9 Å². The SMILES string of the molecule is O=C(c1ccc(Cl)c([N+](=O)[O-])c1)N1CCN(S(=O)(=O)/C=C/c2ccccc2)CC1. The minimum Gasteiger partial charge on any atom is -0.336 e. The molecular weight excluding hydrogens is 418 g/mol. The minimum absolute atomic E-state index is 0.0485. The second kappa shape index (κ2) is 8.73. The zero-order valence-corrected chi connectivity index (χ0v) is 16.8. The number of nitrogens with zero attached hydrogens (tertiary/aromatic N) is 3. The van der Waals surface area contributed by atoms with Gasteiger partial charge in [0, 0.05) is 43.2 Å². The van der Waals surface area contributed by atoms with Crippen molar-refractivity contribution in [3.63, 3.8) is 0 Å². The fourth-order valence-electron chi connectivity index (χ4n) is 2.93. The molecule has 2 aromatic carbocycles. The van der Waals surface area contributed by atoms with Gasteiger partial charge in [0.25, 0.3) is 11.6 Å². The van der Waals surface area contributed by atoms with E-state index in [1.807, 2.05) is 18.2 Å². The zero-order chi connectivity index (χ0) is 21.0. The van der Waals surface area contributed by atoms with Crippen LogP contribution < -0.4 is 0 Å². The number of amides is 1. The van der Waals surface area contributed by atoms with Gasteiger partial charge in [-0.25, -0.2) is 8.42 Å². The summed E-state index contributed by atoms with van der Waals surface area (Å²) >= 11 is 5.78. The molecule has 0 N–H and O–H groups in total. The molecule has 3 rings (SSSR count). The average Bonchev–Trinajstić information content (AvgIpc) is 2.73. The number of carbonyl (C=O) groups is 1. The number of rotatable bonds is 5. The van der Waals surface area contributed by atoms with Gasteiger partial charge in [0.05, 0.1) is 4.92 Å². The first-order valence-corrected chi connectivity index (χ1v) is 10.6. The standard InChI is InChI=1S/C19H18ClN3O5S/c20-17-7-6-16(14-18(17)23(25)26)19(24)21-9-11-22(12-10-21)29(27,28)13-8-15-4-2-1-3-5-15/h1-8,13-14H,9-12H2/b13-8+. The van der Waals surface area contributed by atoms with Crippen LogP contribution in [0.5, 0.6) is 0 Å². The third-order valence-electron chi connectivity index (χ3n) is 4.51. The van der Waals surface area contributed by atoms with Gasteiger partial charge in [-0.1, -0.05) is 41.9 Å². The maximum Gasteiger partial charge on any atom is 0.288 e. The smallest absolute Gasteiger partial charge is 0.288 e. The number of carbonyl (C=O) groups excluding carboxylic acids is 1. The molecule has 1 saturated heterocycles. The lowest BCUT2D eigenvalue weighted by Crippen LogP contribution is -2.50. The van der Waals surface area contributed by atoms with E-state index in [2.05, 4.69) is 0 Å². The Morgan fingerprint density at radius 1 is 1.07 bits per heavy atom. The van der Waals surface area contributed by atoms with Crippen molar-refractivity contribution in [2.45, 2.75) is 0 Å². The Morgan fingerprint density at radius 2 is 1.72 bits per heavy atom. The molecule has 0 atom stereocenters. The minimum atomic E-state index is -3.61. The number of nitro benzene ring substituents is 1. The number of hydrogen-bond donors (Lipinski definition) is 0. The lowest BCUT2D eigenvalue weighted by Gasteiger charge is -2.33. The maximum absolute atomic E-state index is 12.6. The van der Waals surface area contributed by atoms with Gasteiger partial charge < -0.3 is 4.90 Å². The highest BCUT2D eigenvalue weighted by molar-refractivity contribution is 7.92. The second-order valence-corrected chi connectivity index (χ2v) is 8.60. The lowest BCUT2D eigenvalue weighted by molar-refractivity contribution is -0.384. The van der Waals surface area contributed by atoms with Crippen molar-refractivity contribution in [3.05, 3.63) is 80.2 Å². The maximum atomic E-state index is 12.6. The number of piperazine rings is 1. The molecule has 1 amide bonds. The Labute approximate surface area is 173 Å². The summed E-state index contributed by atoms with van der Waals surface area (Å²) in [7, 11) is -3.61. The molecule has 10 heteroatoms. The third kappa shape index (κ3) is 5.00. The molecule has 152 valence electrons. The first-order valence-electron chi connectivity index (χ1n) is 8.74. The number of hydrogen-bond acceptors (Lipinski definition) is 5. The van der Waals surface area contributed by atoms with Crippen molar-refractivity contribution in [3.8, 4) is 0 Å². The Morgan fingerprint density at radius 3 is 2.34 bits per heavy atom. The van der Waals surface area contributed by atoms with E-state index in [0.29, 0.717) is 0 Å². The Bertz CT molecular complexity index is 1050. The summed E-state index contributed by atoms with van der Waals surface area (Å²) in [5.74, 6) is -0.401. The van der Waals surface area contributed by atoms with E-state index in [4.69, 9.17) is 11.6 Å².